The van der Waals surface area contributed by atoms with Gasteiger partial charge in [0.15, 0.2) is 0 Å². The van der Waals surface area contributed by atoms with Gasteiger partial charge in [-0.3, -0.25) is 10.0 Å². The molecule has 0 radical (unpaired) electrons. The summed E-state index contributed by atoms with van der Waals surface area (Å²) in [7, 11) is 4.31. The van der Waals surface area contributed by atoms with Crippen LogP contribution in [0.3, 0.4) is 0 Å². The fraction of sp³-hybridized carbons (Fsp3) is 0.455. The molecule has 1 heterocycles. The molecular weight excluding hydrogens is 320 g/mol. The summed E-state index contributed by atoms with van der Waals surface area (Å²) in [5.74, 6) is 0.636. The van der Waals surface area contributed by atoms with Crippen molar-refractivity contribution in [3.8, 4) is 0 Å². The van der Waals surface area contributed by atoms with Crippen LogP contribution in [0.1, 0.15) is 24.0 Å². The van der Waals surface area contributed by atoms with E-state index < -0.39 is 0 Å². The Labute approximate surface area is 158 Å². The second-order valence-corrected chi connectivity index (χ2v) is 7.81. The van der Waals surface area contributed by atoms with Crippen molar-refractivity contribution in [2.75, 3.05) is 43.7 Å². The number of nitrogens with one attached hydrogen (secondary N) is 1. The minimum absolute atomic E-state index is 0.636. The number of nitrogens with zero attached hydrogens (tertiary/aromatic N) is 3. The van der Waals surface area contributed by atoms with Gasteiger partial charge in [-0.15, -0.1) is 5.53 Å². The number of aryl methyl sites for hydroxylation is 2. The van der Waals surface area contributed by atoms with Crippen LogP contribution >= 0.6 is 0 Å². The van der Waals surface area contributed by atoms with E-state index in [1.807, 2.05) is 0 Å². The summed E-state index contributed by atoms with van der Waals surface area (Å²) in [6, 6.07) is 17.5. The van der Waals surface area contributed by atoms with Crippen LogP contribution in [0, 0.1) is 19.8 Å². The summed E-state index contributed by atoms with van der Waals surface area (Å²) in [5, 5.41) is 4.61. The van der Waals surface area contributed by atoms with Crippen LogP contribution in [-0.4, -0.2) is 38.6 Å². The Kier molecular flexibility index (Phi) is 6.17. The molecule has 0 amide bonds. The van der Waals surface area contributed by atoms with Crippen LogP contribution in [0.5, 0.6) is 0 Å². The zero-order valence-corrected chi connectivity index (χ0v) is 16.6. The first-order chi connectivity index (χ1) is 12.5. The second-order valence-electron chi connectivity index (χ2n) is 7.81. The summed E-state index contributed by atoms with van der Waals surface area (Å²) >= 11 is 0. The number of anilines is 2. The maximum atomic E-state index is 3.63. The number of hydrogen-bond donors (Lipinski definition) is 1. The summed E-state index contributed by atoms with van der Waals surface area (Å²) in [4.78, 5) is 2.28. The molecule has 1 aliphatic rings. The maximum absolute atomic E-state index is 3.63. The number of benzene rings is 2. The van der Waals surface area contributed by atoms with E-state index in [0.717, 1.165) is 19.6 Å². The zero-order valence-electron chi connectivity index (χ0n) is 16.6. The van der Waals surface area contributed by atoms with Crippen molar-refractivity contribution in [3.63, 3.8) is 0 Å². The largest absolute Gasteiger partial charge is 0.309 e. The molecule has 1 saturated heterocycles. The molecule has 2 aromatic carbocycles. The molecule has 140 valence electrons. The van der Waals surface area contributed by atoms with Gasteiger partial charge in [-0.2, -0.15) is 0 Å². The third-order valence-electron chi connectivity index (χ3n) is 4.97. The topological polar surface area (TPSA) is 21.8 Å². The highest BCUT2D eigenvalue weighted by molar-refractivity contribution is 5.52. The van der Waals surface area contributed by atoms with Crippen molar-refractivity contribution >= 4 is 11.4 Å². The fourth-order valence-corrected chi connectivity index (χ4v) is 3.60. The number of hydrogen-bond acceptors (Lipinski definition) is 4. The highest BCUT2D eigenvalue weighted by atomic mass is 15.8. The van der Waals surface area contributed by atoms with Crippen LogP contribution < -0.4 is 15.6 Å². The van der Waals surface area contributed by atoms with E-state index in [0.29, 0.717) is 5.92 Å². The molecule has 26 heavy (non-hydrogen) atoms. The van der Waals surface area contributed by atoms with E-state index in [1.165, 1.54) is 35.3 Å². The molecule has 0 aliphatic carbocycles. The molecule has 1 N–H and O–H groups in total. The molecule has 0 bridgehead atoms. The fourth-order valence-electron chi connectivity index (χ4n) is 3.60. The third kappa shape index (κ3) is 4.99. The van der Waals surface area contributed by atoms with Gasteiger partial charge in [-0.05, 0) is 88.6 Å². The van der Waals surface area contributed by atoms with Gasteiger partial charge in [0.05, 0.1) is 11.4 Å². The lowest BCUT2D eigenvalue weighted by molar-refractivity contribution is 0.332. The van der Waals surface area contributed by atoms with E-state index in [9.17, 15) is 0 Å². The summed E-state index contributed by atoms with van der Waals surface area (Å²) in [6.07, 6.45) is 2.48. The van der Waals surface area contributed by atoms with Crippen molar-refractivity contribution in [1.29, 1.82) is 0 Å². The number of hydrazine groups is 2. The van der Waals surface area contributed by atoms with Crippen molar-refractivity contribution in [3.05, 3.63) is 59.7 Å². The summed E-state index contributed by atoms with van der Waals surface area (Å²) < 4.78 is 0. The van der Waals surface area contributed by atoms with Gasteiger partial charge in [0.1, 0.15) is 0 Å². The van der Waals surface area contributed by atoms with Gasteiger partial charge in [-0.25, -0.2) is 0 Å². The Balaban J connectivity index is 1.78. The molecule has 0 atom stereocenters. The molecule has 0 spiro atoms. The smallest absolute Gasteiger partial charge is 0.0540 e. The Bertz CT molecular complexity index is 659. The minimum atomic E-state index is 0.636. The van der Waals surface area contributed by atoms with Crippen molar-refractivity contribution < 1.29 is 0 Å². The van der Waals surface area contributed by atoms with Gasteiger partial charge >= 0.3 is 0 Å². The molecule has 4 heteroatoms. The Morgan fingerprint density at radius 1 is 0.923 bits per heavy atom. The Hall–Kier alpha value is -2.04. The first-order valence-corrected chi connectivity index (χ1v) is 9.61. The lowest BCUT2D eigenvalue weighted by Crippen LogP contribution is -2.59. The standard InChI is InChI=1S/C22H32N4/c1-18-8-5-11-21(14-18)25-16-20(10-7-13-24(3)4)17-26(23-25)22-12-6-9-19(2)15-22/h5-6,8-9,11-12,14-15,20,23H,7,10,13,16-17H2,1-4H3. The molecule has 0 saturated carbocycles. The van der Waals surface area contributed by atoms with Crippen molar-refractivity contribution in [1.82, 2.24) is 10.4 Å². The first kappa shape index (κ1) is 18.7. The van der Waals surface area contributed by atoms with Gasteiger partial charge in [0.2, 0.25) is 0 Å². The average Bonchev–Trinajstić information content (AvgIpc) is 2.61. The highest BCUT2D eigenvalue weighted by Gasteiger charge is 2.25. The molecule has 3 rings (SSSR count). The normalized spacial score (nSPS) is 15.7. The molecule has 1 fully saturated rings. The Morgan fingerprint density at radius 2 is 1.46 bits per heavy atom. The van der Waals surface area contributed by atoms with E-state index in [2.05, 4.69) is 96.9 Å². The quantitative estimate of drug-likeness (QED) is 0.848. The first-order valence-electron chi connectivity index (χ1n) is 9.61. The van der Waals surface area contributed by atoms with Crippen LogP contribution in [0.25, 0.3) is 0 Å². The zero-order chi connectivity index (χ0) is 18.5. The van der Waals surface area contributed by atoms with E-state index in [1.54, 1.807) is 0 Å². The Morgan fingerprint density at radius 3 is 1.92 bits per heavy atom. The lowest BCUT2D eigenvalue weighted by atomic mass is 10.0. The number of rotatable bonds is 6. The van der Waals surface area contributed by atoms with Gasteiger partial charge in [0.25, 0.3) is 0 Å². The molecular formula is C22H32N4. The molecule has 1 aliphatic heterocycles. The molecule has 0 unspecified atom stereocenters. The van der Waals surface area contributed by atoms with Gasteiger partial charge in [-0.1, -0.05) is 24.3 Å². The lowest BCUT2D eigenvalue weighted by Gasteiger charge is -2.43. The highest BCUT2D eigenvalue weighted by Crippen LogP contribution is 2.25. The predicted molar refractivity (Wildman–Crippen MR) is 111 cm³/mol. The predicted octanol–water partition coefficient (Wildman–Crippen LogP) is 4.01. The molecule has 4 nitrogen and oxygen atoms in total. The molecule has 2 aromatic rings. The van der Waals surface area contributed by atoms with Crippen molar-refractivity contribution in [2.24, 2.45) is 5.92 Å². The third-order valence-corrected chi connectivity index (χ3v) is 4.97. The van der Waals surface area contributed by atoms with Gasteiger partial charge < -0.3 is 4.90 Å². The SMILES string of the molecule is Cc1cccc(N2CC(CCCN(C)C)CN(c3cccc(C)c3)N2)c1. The summed E-state index contributed by atoms with van der Waals surface area (Å²) in [6.45, 7) is 7.54. The van der Waals surface area contributed by atoms with E-state index >= 15 is 0 Å². The monoisotopic (exact) mass is 352 g/mol. The second kappa shape index (κ2) is 8.56. The average molecular weight is 353 g/mol. The van der Waals surface area contributed by atoms with Gasteiger partial charge in [0, 0.05) is 13.1 Å². The van der Waals surface area contributed by atoms with E-state index in [-0.39, 0.29) is 0 Å². The van der Waals surface area contributed by atoms with Crippen LogP contribution in [0.4, 0.5) is 11.4 Å². The van der Waals surface area contributed by atoms with E-state index in [4.69, 9.17) is 0 Å². The van der Waals surface area contributed by atoms with Crippen LogP contribution in [0.2, 0.25) is 0 Å². The molecule has 0 aromatic heterocycles. The van der Waals surface area contributed by atoms with Crippen LogP contribution in [0.15, 0.2) is 48.5 Å². The van der Waals surface area contributed by atoms with Crippen molar-refractivity contribution in [2.45, 2.75) is 26.7 Å². The maximum Gasteiger partial charge on any atom is 0.0540 e. The summed E-state index contributed by atoms with van der Waals surface area (Å²) in [5.41, 5.74) is 8.68. The minimum Gasteiger partial charge on any atom is -0.309 e. The van der Waals surface area contributed by atoms with Crippen LogP contribution in [-0.2, 0) is 0 Å².